The Morgan fingerprint density at radius 3 is 1.65 bits per heavy atom. The second-order valence-corrected chi connectivity index (χ2v) is 17.9. The van der Waals surface area contributed by atoms with Gasteiger partial charge in [-0.25, -0.2) is 0 Å². The summed E-state index contributed by atoms with van der Waals surface area (Å²) in [5.41, 5.74) is 14.6. The summed E-state index contributed by atoms with van der Waals surface area (Å²) in [5, 5.41) is 9.72. The van der Waals surface area contributed by atoms with E-state index < -0.39 is 0 Å². The molecule has 0 bridgehead atoms. The normalized spacial score (nSPS) is 11.7. The number of hydrogen-bond acceptors (Lipinski definition) is 3. The molecule has 0 aliphatic carbocycles. The Morgan fingerprint density at radius 2 is 0.892 bits per heavy atom. The van der Waals surface area contributed by atoms with Crippen molar-refractivity contribution in [2.24, 2.45) is 0 Å². The minimum absolute atomic E-state index is 0.868. The van der Waals surface area contributed by atoms with E-state index in [0.29, 0.717) is 0 Å². The molecule has 0 saturated carbocycles. The van der Waals surface area contributed by atoms with Gasteiger partial charge < -0.3 is 9.32 Å². The molecular formula is C62H39NOS. The predicted molar refractivity (Wildman–Crippen MR) is 278 cm³/mol. The van der Waals surface area contributed by atoms with Crippen LogP contribution in [-0.4, -0.2) is 0 Å². The van der Waals surface area contributed by atoms with Gasteiger partial charge in [0.15, 0.2) is 0 Å². The summed E-state index contributed by atoms with van der Waals surface area (Å²) in [7, 11) is 0. The maximum Gasteiger partial charge on any atom is 0.136 e. The Morgan fingerprint density at radius 1 is 0.323 bits per heavy atom. The standard InChI is InChI=1S/C62H39NOS/c1-4-12-40(13-5-1)46-25-31-54-56-39-50(29-35-58(56)64-59(54)37-46)63(49-27-22-42(23-28-49)45-24-30-52-48(36-45)21-20-44-18-10-11-19-51(44)52)57-34-33-53(43-16-8-3-9-17-43)62-61(57)55-32-26-47(38-60(55)65-62)41-14-6-2-7-15-41/h1-39H. The molecule has 13 aromatic rings. The number of thiophene rings is 1. The van der Waals surface area contributed by atoms with Crippen LogP contribution in [0.25, 0.3) is 108 Å². The molecule has 3 heteroatoms. The van der Waals surface area contributed by atoms with Gasteiger partial charge in [-0.3, -0.25) is 0 Å². The van der Waals surface area contributed by atoms with E-state index in [9.17, 15) is 0 Å². The number of anilines is 3. The molecule has 0 atom stereocenters. The van der Waals surface area contributed by atoms with Crippen molar-refractivity contribution in [3.63, 3.8) is 0 Å². The molecule has 2 heterocycles. The summed E-state index contributed by atoms with van der Waals surface area (Å²) in [6.45, 7) is 0. The zero-order chi connectivity index (χ0) is 42.8. The van der Waals surface area contributed by atoms with Crippen molar-refractivity contribution in [1.29, 1.82) is 0 Å². The van der Waals surface area contributed by atoms with Gasteiger partial charge in [0.25, 0.3) is 0 Å². The van der Waals surface area contributed by atoms with Gasteiger partial charge in [0.1, 0.15) is 11.2 Å². The quantitative estimate of drug-likeness (QED) is 0.149. The van der Waals surface area contributed by atoms with E-state index in [2.05, 4.69) is 241 Å². The molecule has 13 rings (SSSR count). The van der Waals surface area contributed by atoms with Crippen LogP contribution in [0.4, 0.5) is 17.1 Å². The average molecular weight is 846 g/mol. The Bertz CT molecular complexity index is 3920. The van der Waals surface area contributed by atoms with Gasteiger partial charge in [-0.2, -0.15) is 0 Å². The van der Waals surface area contributed by atoms with Crippen LogP contribution in [0.2, 0.25) is 0 Å². The third kappa shape index (κ3) is 6.39. The van der Waals surface area contributed by atoms with Crippen LogP contribution < -0.4 is 4.90 Å². The zero-order valence-corrected chi connectivity index (χ0v) is 36.1. The lowest BCUT2D eigenvalue weighted by Gasteiger charge is -2.27. The van der Waals surface area contributed by atoms with E-state index in [-0.39, 0.29) is 0 Å². The SMILES string of the molecule is c1ccc(-c2ccc3c(c2)oc2ccc(N(c4ccc(-c5ccc6c(ccc7ccccc76)c5)cc4)c4ccc(-c5ccccc5)c5sc6cc(-c7ccccc7)ccc6c45)cc23)cc1. The van der Waals surface area contributed by atoms with Crippen molar-refractivity contribution in [3.05, 3.63) is 237 Å². The van der Waals surface area contributed by atoms with Gasteiger partial charge in [-0.05, 0) is 127 Å². The highest BCUT2D eigenvalue weighted by molar-refractivity contribution is 7.26. The summed E-state index contributed by atoms with van der Waals surface area (Å²) >= 11 is 1.88. The highest BCUT2D eigenvalue weighted by atomic mass is 32.1. The first kappa shape index (κ1) is 37.3. The van der Waals surface area contributed by atoms with E-state index in [1.807, 2.05) is 11.3 Å². The number of benzene rings is 11. The summed E-state index contributed by atoms with van der Waals surface area (Å²) < 4.78 is 9.12. The van der Waals surface area contributed by atoms with Crippen molar-refractivity contribution in [2.45, 2.75) is 0 Å². The number of nitrogens with zero attached hydrogens (tertiary/aromatic N) is 1. The molecule has 11 aromatic carbocycles. The van der Waals surface area contributed by atoms with Crippen molar-refractivity contribution >= 4 is 92.1 Å². The van der Waals surface area contributed by atoms with Crippen molar-refractivity contribution in [2.75, 3.05) is 4.90 Å². The van der Waals surface area contributed by atoms with Crippen LogP contribution in [-0.2, 0) is 0 Å². The molecule has 0 radical (unpaired) electrons. The molecule has 0 N–H and O–H groups in total. The zero-order valence-electron chi connectivity index (χ0n) is 35.3. The molecule has 0 saturated heterocycles. The maximum atomic E-state index is 6.59. The molecular weight excluding hydrogens is 807 g/mol. The van der Waals surface area contributed by atoms with Crippen LogP contribution in [0.5, 0.6) is 0 Å². The summed E-state index contributed by atoms with van der Waals surface area (Å²) in [4.78, 5) is 2.45. The largest absolute Gasteiger partial charge is 0.456 e. The first-order valence-electron chi connectivity index (χ1n) is 22.1. The minimum Gasteiger partial charge on any atom is -0.456 e. The van der Waals surface area contributed by atoms with Gasteiger partial charge in [-0.1, -0.05) is 176 Å². The first-order chi connectivity index (χ1) is 32.2. The van der Waals surface area contributed by atoms with Gasteiger partial charge in [0.2, 0.25) is 0 Å². The lowest BCUT2D eigenvalue weighted by Crippen LogP contribution is -2.10. The molecule has 2 nitrogen and oxygen atoms in total. The van der Waals surface area contributed by atoms with Crippen LogP contribution in [0, 0.1) is 0 Å². The smallest absolute Gasteiger partial charge is 0.136 e. The predicted octanol–water partition coefficient (Wildman–Crippen LogP) is 18.4. The van der Waals surface area contributed by atoms with E-state index in [1.165, 1.54) is 80.7 Å². The highest BCUT2D eigenvalue weighted by Crippen LogP contribution is 2.50. The Hall–Kier alpha value is -8.24. The van der Waals surface area contributed by atoms with Gasteiger partial charge in [0, 0.05) is 42.3 Å². The van der Waals surface area contributed by atoms with Crippen LogP contribution in [0.3, 0.4) is 0 Å². The van der Waals surface area contributed by atoms with E-state index in [1.54, 1.807) is 0 Å². The van der Waals surface area contributed by atoms with E-state index >= 15 is 0 Å². The third-order valence-electron chi connectivity index (χ3n) is 13.1. The van der Waals surface area contributed by atoms with Crippen molar-refractivity contribution in [3.8, 4) is 44.5 Å². The lowest BCUT2D eigenvalue weighted by atomic mass is 9.97. The topological polar surface area (TPSA) is 16.4 Å². The molecule has 0 aliphatic rings. The number of furan rings is 1. The Labute approximate surface area is 380 Å². The number of fused-ring (bicyclic) bond motifs is 9. The van der Waals surface area contributed by atoms with Crippen LogP contribution in [0.15, 0.2) is 241 Å². The number of hydrogen-bond donors (Lipinski definition) is 0. The molecule has 65 heavy (non-hydrogen) atoms. The fourth-order valence-corrected chi connectivity index (χ4v) is 11.1. The van der Waals surface area contributed by atoms with Crippen molar-refractivity contribution in [1.82, 2.24) is 0 Å². The summed E-state index contributed by atoms with van der Waals surface area (Å²) in [6.07, 6.45) is 0. The van der Waals surface area contributed by atoms with Crippen LogP contribution in [0.1, 0.15) is 0 Å². The molecule has 0 unspecified atom stereocenters. The molecule has 0 spiro atoms. The fraction of sp³-hybridized carbons (Fsp3) is 0. The van der Waals surface area contributed by atoms with Gasteiger partial charge in [0.05, 0.1) is 5.69 Å². The monoisotopic (exact) mass is 845 g/mol. The van der Waals surface area contributed by atoms with Gasteiger partial charge >= 0.3 is 0 Å². The average Bonchev–Trinajstić information content (AvgIpc) is 3.95. The minimum atomic E-state index is 0.868. The summed E-state index contributed by atoms with van der Waals surface area (Å²) in [5.74, 6) is 0. The molecule has 0 amide bonds. The van der Waals surface area contributed by atoms with Crippen molar-refractivity contribution < 1.29 is 4.42 Å². The summed E-state index contributed by atoms with van der Waals surface area (Å²) in [6, 6.07) is 85.9. The Kier molecular flexibility index (Phi) is 8.75. The third-order valence-corrected chi connectivity index (χ3v) is 14.2. The van der Waals surface area contributed by atoms with Crippen LogP contribution >= 0.6 is 11.3 Å². The van der Waals surface area contributed by atoms with E-state index in [0.717, 1.165) is 44.6 Å². The second kappa shape index (κ2) is 15.2. The Balaban J connectivity index is 1.01. The molecule has 304 valence electrons. The second-order valence-electron chi connectivity index (χ2n) is 16.8. The highest BCUT2D eigenvalue weighted by Gasteiger charge is 2.23. The van der Waals surface area contributed by atoms with E-state index in [4.69, 9.17) is 4.42 Å². The molecule has 0 aliphatic heterocycles. The lowest BCUT2D eigenvalue weighted by molar-refractivity contribution is 0.669. The van der Waals surface area contributed by atoms with Gasteiger partial charge in [-0.15, -0.1) is 11.3 Å². The first-order valence-corrected chi connectivity index (χ1v) is 23.0. The fourth-order valence-electron chi connectivity index (χ4n) is 9.84. The maximum absolute atomic E-state index is 6.59. The molecule has 0 fully saturated rings. The molecule has 2 aromatic heterocycles. The number of rotatable bonds is 7.